The number of benzene rings is 2. The number of rotatable bonds is 2. The minimum absolute atomic E-state index is 0.839. The van der Waals surface area contributed by atoms with E-state index in [0.717, 1.165) is 41.3 Å². The maximum Gasteiger partial charge on any atom is 0.138 e. The highest BCUT2D eigenvalue weighted by atomic mass is 16.5. The van der Waals surface area contributed by atoms with Crippen LogP contribution in [-0.2, 0) is 13.1 Å². The molecule has 0 amide bonds. The zero-order valence-electron chi connectivity index (χ0n) is 11.2. The lowest BCUT2D eigenvalue weighted by Gasteiger charge is -2.01. The van der Waals surface area contributed by atoms with Crippen molar-refractivity contribution in [1.29, 1.82) is 0 Å². The number of aromatic nitrogens is 2. The molecule has 0 saturated carbocycles. The van der Waals surface area contributed by atoms with Crippen LogP contribution < -0.4 is 10.1 Å². The molecule has 0 spiro atoms. The van der Waals surface area contributed by atoms with Crippen molar-refractivity contribution in [1.82, 2.24) is 15.3 Å². The van der Waals surface area contributed by atoms with Crippen LogP contribution in [0.25, 0.3) is 22.4 Å². The quantitative estimate of drug-likeness (QED) is 0.749. The van der Waals surface area contributed by atoms with Gasteiger partial charge in [-0.2, -0.15) is 0 Å². The number of methoxy groups -OCH3 is 1. The Labute approximate surface area is 116 Å². The van der Waals surface area contributed by atoms with E-state index in [0.29, 0.717) is 0 Å². The first-order valence-electron chi connectivity index (χ1n) is 6.70. The molecule has 1 aliphatic rings. The van der Waals surface area contributed by atoms with Gasteiger partial charge in [0.05, 0.1) is 18.1 Å². The Morgan fingerprint density at radius 1 is 1.05 bits per heavy atom. The summed E-state index contributed by atoms with van der Waals surface area (Å²) < 4.78 is 5.24. The normalized spacial score (nSPS) is 13.7. The van der Waals surface area contributed by atoms with Crippen molar-refractivity contribution in [2.45, 2.75) is 13.1 Å². The van der Waals surface area contributed by atoms with Gasteiger partial charge < -0.3 is 15.0 Å². The Morgan fingerprint density at radius 2 is 1.95 bits per heavy atom. The zero-order valence-corrected chi connectivity index (χ0v) is 11.2. The van der Waals surface area contributed by atoms with Crippen LogP contribution in [0.3, 0.4) is 0 Å². The molecule has 100 valence electrons. The molecule has 20 heavy (non-hydrogen) atoms. The van der Waals surface area contributed by atoms with E-state index in [9.17, 15) is 0 Å². The fraction of sp³-hybridized carbons (Fsp3) is 0.188. The van der Waals surface area contributed by atoms with Gasteiger partial charge in [-0.25, -0.2) is 4.98 Å². The van der Waals surface area contributed by atoms with E-state index < -0.39 is 0 Å². The molecule has 0 atom stereocenters. The van der Waals surface area contributed by atoms with E-state index in [1.54, 1.807) is 7.11 Å². The van der Waals surface area contributed by atoms with E-state index in [1.165, 1.54) is 11.1 Å². The number of ether oxygens (including phenoxy) is 1. The van der Waals surface area contributed by atoms with Gasteiger partial charge >= 0.3 is 0 Å². The molecule has 0 radical (unpaired) electrons. The summed E-state index contributed by atoms with van der Waals surface area (Å²) in [4.78, 5) is 8.02. The molecule has 2 N–H and O–H groups in total. The van der Waals surface area contributed by atoms with Crippen LogP contribution in [0.2, 0.25) is 0 Å². The predicted molar refractivity (Wildman–Crippen MR) is 78.6 cm³/mol. The second-order valence-electron chi connectivity index (χ2n) is 5.06. The van der Waals surface area contributed by atoms with Crippen LogP contribution >= 0.6 is 0 Å². The fourth-order valence-corrected chi connectivity index (χ4v) is 2.69. The van der Waals surface area contributed by atoms with Gasteiger partial charge in [0, 0.05) is 24.7 Å². The molecule has 4 nitrogen and oxygen atoms in total. The Morgan fingerprint density at radius 3 is 2.85 bits per heavy atom. The molecule has 2 heterocycles. The highest BCUT2D eigenvalue weighted by Gasteiger charge is 2.12. The van der Waals surface area contributed by atoms with Gasteiger partial charge in [-0.3, -0.25) is 0 Å². The molecule has 0 bridgehead atoms. The Bertz CT molecular complexity index is 792. The standard InChI is InChI=1S/C16H15N3O/c1-20-13-4-5-14-15(7-13)19-16(18-14)10-2-3-11-8-17-9-12(11)6-10/h2-7,17H,8-9H2,1H3,(H,18,19). The third-order valence-corrected chi connectivity index (χ3v) is 3.80. The van der Waals surface area contributed by atoms with Crippen molar-refractivity contribution in [3.05, 3.63) is 47.5 Å². The van der Waals surface area contributed by atoms with E-state index in [-0.39, 0.29) is 0 Å². The zero-order chi connectivity index (χ0) is 13.5. The van der Waals surface area contributed by atoms with Gasteiger partial charge in [0.1, 0.15) is 11.6 Å². The Kier molecular flexibility index (Phi) is 2.50. The van der Waals surface area contributed by atoms with E-state index >= 15 is 0 Å². The number of H-pyrrole nitrogens is 1. The van der Waals surface area contributed by atoms with Crippen LogP contribution in [0, 0.1) is 0 Å². The van der Waals surface area contributed by atoms with Crippen LogP contribution in [0.15, 0.2) is 36.4 Å². The number of hydrogen-bond donors (Lipinski definition) is 2. The van der Waals surface area contributed by atoms with Gasteiger partial charge in [0.2, 0.25) is 0 Å². The van der Waals surface area contributed by atoms with Crippen LogP contribution in [0.4, 0.5) is 0 Å². The van der Waals surface area contributed by atoms with Crippen molar-refractivity contribution in [2.24, 2.45) is 0 Å². The first-order chi connectivity index (χ1) is 9.83. The summed E-state index contributed by atoms with van der Waals surface area (Å²) in [5, 5.41) is 3.36. The highest BCUT2D eigenvalue weighted by molar-refractivity contribution is 5.80. The topological polar surface area (TPSA) is 49.9 Å². The van der Waals surface area contributed by atoms with Crippen LogP contribution in [0.5, 0.6) is 5.75 Å². The number of aromatic amines is 1. The highest BCUT2D eigenvalue weighted by Crippen LogP contribution is 2.26. The summed E-state index contributed by atoms with van der Waals surface area (Å²) in [5.41, 5.74) is 5.83. The van der Waals surface area contributed by atoms with Crippen molar-refractivity contribution >= 4 is 11.0 Å². The average Bonchev–Trinajstić information content (AvgIpc) is 3.11. The molecule has 4 heteroatoms. The molecule has 0 fully saturated rings. The number of hydrogen-bond acceptors (Lipinski definition) is 3. The number of nitrogens with one attached hydrogen (secondary N) is 2. The first kappa shape index (κ1) is 11.5. The summed E-state index contributed by atoms with van der Waals surface area (Å²) in [5.74, 6) is 1.74. The van der Waals surface area contributed by atoms with Gasteiger partial charge in [-0.15, -0.1) is 0 Å². The molecule has 1 aliphatic heterocycles. The molecule has 4 rings (SSSR count). The molecule has 2 aromatic carbocycles. The smallest absolute Gasteiger partial charge is 0.138 e. The minimum atomic E-state index is 0.839. The SMILES string of the molecule is COc1ccc2nc(-c3ccc4c(c3)CNC4)[nH]c2c1. The summed E-state index contributed by atoms with van der Waals surface area (Å²) >= 11 is 0. The molecular formula is C16H15N3O. The largest absolute Gasteiger partial charge is 0.497 e. The predicted octanol–water partition coefficient (Wildman–Crippen LogP) is 2.84. The van der Waals surface area contributed by atoms with Gasteiger partial charge in [0.15, 0.2) is 0 Å². The number of fused-ring (bicyclic) bond motifs is 2. The minimum Gasteiger partial charge on any atom is -0.497 e. The summed E-state index contributed by atoms with van der Waals surface area (Å²) in [6.07, 6.45) is 0. The van der Waals surface area contributed by atoms with E-state index in [4.69, 9.17) is 4.74 Å². The first-order valence-corrected chi connectivity index (χ1v) is 6.70. The van der Waals surface area contributed by atoms with Crippen molar-refractivity contribution < 1.29 is 4.74 Å². The maximum absolute atomic E-state index is 5.24. The van der Waals surface area contributed by atoms with E-state index in [1.807, 2.05) is 18.2 Å². The Hall–Kier alpha value is -2.33. The lowest BCUT2D eigenvalue weighted by molar-refractivity contribution is 0.415. The monoisotopic (exact) mass is 265 g/mol. The van der Waals surface area contributed by atoms with Gasteiger partial charge in [0.25, 0.3) is 0 Å². The third kappa shape index (κ3) is 1.77. The second kappa shape index (κ2) is 4.35. The molecule has 0 saturated heterocycles. The lowest BCUT2D eigenvalue weighted by atomic mass is 10.1. The Balaban J connectivity index is 1.81. The molecule has 1 aromatic heterocycles. The van der Waals surface area contributed by atoms with Crippen LogP contribution in [0.1, 0.15) is 11.1 Å². The third-order valence-electron chi connectivity index (χ3n) is 3.80. The van der Waals surface area contributed by atoms with Crippen LogP contribution in [-0.4, -0.2) is 17.1 Å². The van der Waals surface area contributed by atoms with Crippen molar-refractivity contribution in [3.63, 3.8) is 0 Å². The summed E-state index contributed by atoms with van der Waals surface area (Å²) in [6.45, 7) is 1.91. The molecule has 0 aliphatic carbocycles. The maximum atomic E-state index is 5.24. The number of nitrogens with zero attached hydrogens (tertiary/aromatic N) is 1. The fourth-order valence-electron chi connectivity index (χ4n) is 2.69. The lowest BCUT2D eigenvalue weighted by Crippen LogP contribution is -1.99. The summed E-state index contributed by atoms with van der Waals surface area (Å²) in [6, 6.07) is 12.4. The number of imidazole rings is 1. The molecule has 3 aromatic rings. The second-order valence-corrected chi connectivity index (χ2v) is 5.06. The van der Waals surface area contributed by atoms with Crippen molar-refractivity contribution in [2.75, 3.05) is 7.11 Å². The van der Waals surface area contributed by atoms with Gasteiger partial charge in [-0.05, 0) is 29.3 Å². The van der Waals surface area contributed by atoms with E-state index in [2.05, 4.69) is 33.5 Å². The van der Waals surface area contributed by atoms with Gasteiger partial charge in [-0.1, -0.05) is 12.1 Å². The molecule has 0 unspecified atom stereocenters. The van der Waals surface area contributed by atoms with Crippen molar-refractivity contribution in [3.8, 4) is 17.1 Å². The summed E-state index contributed by atoms with van der Waals surface area (Å²) in [7, 11) is 1.67. The molecular weight excluding hydrogens is 250 g/mol. The average molecular weight is 265 g/mol.